The maximum absolute atomic E-state index is 13.7. The molecule has 9 heteroatoms. The van der Waals surface area contributed by atoms with Crippen molar-refractivity contribution in [1.82, 2.24) is 0 Å². The number of benzene rings is 2. The summed E-state index contributed by atoms with van der Waals surface area (Å²) in [5.41, 5.74) is -1.28. The predicted molar refractivity (Wildman–Crippen MR) is 182 cm³/mol. The Hall–Kier alpha value is -2.54. The zero-order chi connectivity index (χ0) is 37.3. The van der Waals surface area contributed by atoms with Gasteiger partial charge in [0, 0.05) is 0 Å². The molecule has 2 aliphatic rings. The third-order valence-corrected chi connectivity index (χ3v) is 23.2. The van der Waals surface area contributed by atoms with Crippen LogP contribution in [-0.4, -0.2) is 0 Å². The van der Waals surface area contributed by atoms with Crippen LogP contribution in [0.1, 0.15) is 94.2 Å². The molecule has 0 bridgehead atoms. The van der Waals surface area contributed by atoms with Crippen molar-refractivity contribution in [3.63, 3.8) is 0 Å². The summed E-state index contributed by atoms with van der Waals surface area (Å²) < 4.78 is 95.4. The molecule has 0 radical (unpaired) electrons. The average molecular weight is 768 g/mol. The van der Waals surface area contributed by atoms with Gasteiger partial charge >= 0.3 is 295 Å². The molecule has 2 aromatic rings. The molecule has 0 N–H and O–H groups in total. The Morgan fingerprint density at radius 3 is 0.959 bits per heavy atom. The molecular weight excluding hydrogens is 718 g/mol. The summed E-state index contributed by atoms with van der Waals surface area (Å²) in [5, 5.41) is 0. The van der Waals surface area contributed by atoms with E-state index < -0.39 is 61.7 Å². The van der Waals surface area contributed by atoms with Crippen LogP contribution in [0.15, 0.2) is 96.1 Å². The first-order valence-corrected chi connectivity index (χ1v) is 21.0. The first kappa shape index (κ1) is 39.3. The topological polar surface area (TPSA) is 18.5 Å². The second-order valence-electron chi connectivity index (χ2n) is 17.5. The van der Waals surface area contributed by atoms with Crippen LogP contribution < -0.4 is 5.63 Å². The summed E-state index contributed by atoms with van der Waals surface area (Å²) in [6.45, 7) is 25.2. The summed E-state index contributed by atoms with van der Waals surface area (Å²) in [5.74, 6) is 0.417. The zero-order valence-electron chi connectivity index (χ0n) is 30.7. The van der Waals surface area contributed by atoms with Gasteiger partial charge in [0.25, 0.3) is 0 Å². The van der Waals surface area contributed by atoms with Crippen LogP contribution in [0.25, 0.3) is 0 Å². The quantitative estimate of drug-likeness (QED) is 0.273. The first-order chi connectivity index (χ1) is 22.0. The van der Waals surface area contributed by atoms with Gasteiger partial charge in [-0.25, -0.2) is 0 Å². The van der Waals surface area contributed by atoms with E-state index in [1.54, 1.807) is 0 Å². The molecule has 0 amide bonds. The van der Waals surface area contributed by atoms with Crippen LogP contribution in [0.3, 0.4) is 0 Å². The van der Waals surface area contributed by atoms with E-state index in [1.165, 1.54) is 24.3 Å². The van der Waals surface area contributed by atoms with Gasteiger partial charge in [-0.3, -0.25) is 0 Å². The third-order valence-electron chi connectivity index (χ3n) is 10.0. The SMILES string of the molecule is CC(C)(C)C1=C[C](C(C)(C)C)([Zr]([O]c2ccc(C(F)(F)F)cc2)([O]c2ccc(C(F)(F)F)cc2)[C]2(C(C)(C)C)C=CC(C(C)(C)C)=C2)C=C1. The molecular formula is C40H50F6O2Zr. The van der Waals surface area contributed by atoms with Crippen molar-refractivity contribution in [2.45, 2.75) is 102 Å². The Labute approximate surface area is 294 Å². The molecule has 2 aromatic carbocycles. The van der Waals surface area contributed by atoms with E-state index in [9.17, 15) is 26.3 Å². The molecule has 2 unspecified atom stereocenters. The minimum atomic E-state index is -5.48. The summed E-state index contributed by atoms with van der Waals surface area (Å²) in [4.78, 5) is 0. The molecule has 268 valence electrons. The molecule has 0 saturated heterocycles. The Bertz CT molecular complexity index is 1520. The van der Waals surface area contributed by atoms with Gasteiger partial charge in [0.1, 0.15) is 0 Å². The van der Waals surface area contributed by atoms with Crippen LogP contribution in [0, 0.1) is 21.7 Å². The second-order valence-corrected chi connectivity index (χ2v) is 25.6. The van der Waals surface area contributed by atoms with Crippen molar-refractivity contribution in [1.29, 1.82) is 0 Å². The van der Waals surface area contributed by atoms with Gasteiger partial charge in [-0.05, 0) is 0 Å². The van der Waals surface area contributed by atoms with E-state index in [2.05, 4.69) is 120 Å². The molecule has 0 heterocycles. The van der Waals surface area contributed by atoms with E-state index in [1.807, 2.05) is 0 Å². The summed E-state index contributed by atoms with van der Waals surface area (Å²) in [7, 11) is 0. The van der Waals surface area contributed by atoms with E-state index in [-0.39, 0.29) is 22.3 Å². The van der Waals surface area contributed by atoms with Gasteiger partial charge in [-0.1, -0.05) is 0 Å². The van der Waals surface area contributed by atoms with Gasteiger partial charge in [0.05, 0.1) is 0 Å². The molecule has 0 saturated carbocycles. The molecule has 0 fully saturated rings. The molecule has 0 aliphatic heterocycles. The van der Waals surface area contributed by atoms with Crippen molar-refractivity contribution in [3.8, 4) is 11.5 Å². The normalized spacial score (nSPS) is 22.3. The summed E-state index contributed by atoms with van der Waals surface area (Å²) in [6.07, 6.45) is 3.81. The maximum atomic E-state index is 13.7. The molecule has 2 aliphatic carbocycles. The molecule has 2 atom stereocenters. The fourth-order valence-corrected chi connectivity index (χ4v) is 20.6. The third kappa shape index (κ3) is 7.17. The predicted octanol–water partition coefficient (Wildman–Crippen LogP) is 13.7. The van der Waals surface area contributed by atoms with Crippen LogP contribution in [0.5, 0.6) is 11.5 Å². The number of allylic oxidation sites excluding steroid dienone is 8. The number of hydrogen-bond donors (Lipinski definition) is 0. The molecule has 0 aromatic heterocycles. The van der Waals surface area contributed by atoms with Gasteiger partial charge in [-0.15, -0.1) is 0 Å². The fraction of sp³-hybridized carbons (Fsp3) is 0.500. The van der Waals surface area contributed by atoms with Crippen molar-refractivity contribution in [2.24, 2.45) is 21.7 Å². The van der Waals surface area contributed by atoms with Crippen LogP contribution in [-0.2, 0) is 33.5 Å². The number of rotatable bonds is 6. The van der Waals surface area contributed by atoms with Crippen molar-refractivity contribution >= 4 is 0 Å². The summed E-state index contributed by atoms with van der Waals surface area (Å²) >= 11 is -5.48. The van der Waals surface area contributed by atoms with Crippen LogP contribution in [0.2, 0.25) is 6.25 Å². The average Bonchev–Trinajstić information content (AvgIpc) is 3.60. The van der Waals surface area contributed by atoms with Crippen LogP contribution in [0.4, 0.5) is 26.3 Å². The molecule has 49 heavy (non-hydrogen) atoms. The van der Waals surface area contributed by atoms with Crippen molar-refractivity contribution in [3.05, 3.63) is 107 Å². The fourth-order valence-electron chi connectivity index (χ4n) is 6.84. The Morgan fingerprint density at radius 1 is 0.469 bits per heavy atom. The van der Waals surface area contributed by atoms with Gasteiger partial charge < -0.3 is 0 Å². The number of hydrogen-bond acceptors (Lipinski definition) is 2. The van der Waals surface area contributed by atoms with E-state index in [0.717, 1.165) is 35.4 Å². The zero-order valence-corrected chi connectivity index (χ0v) is 33.1. The second kappa shape index (κ2) is 12.3. The molecule has 2 nitrogen and oxygen atoms in total. The van der Waals surface area contributed by atoms with Crippen molar-refractivity contribution in [2.75, 3.05) is 0 Å². The Kier molecular flexibility index (Phi) is 9.86. The monoisotopic (exact) mass is 766 g/mol. The number of alkyl halides is 6. The van der Waals surface area contributed by atoms with Crippen LogP contribution >= 0.6 is 0 Å². The standard InChI is InChI=1S/2C13H21.2C7H5F3O.Zr/c2*1-12(2,3)10-7-8-11(9-10)13(4,5)6;2*8-7(9,10)5-1-3-6(11)4-2-5;/h2*7-9H,1-6H3;2*1-4,11H;/q;;;;+2/p-2. The van der Waals surface area contributed by atoms with E-state index in [0.29, 0.717) is 0 Å². The van der Waals surface area contributed by atoms with E-state index in [4.69, 9.17) is 5.63 Å². The Morgan fingerprint density at radius 2 is 0.755 bits per heavy atom. The van der Waals surface area contributed by atoms with Gasteiger partial charge in [0.15, 0.2) is 0 Å². The minimum absolute atomic E-state index is 0.208. The number of halogens is 6. The van der Waals surface area contributed by atoms with Gasteiger partial charge in [-0.2, -0.15) is 0 Å². The first-order valence-electron chi connectivity index (χ1n) is 16.6. The van der Waals surface area contributed by atoms with E-state index >= 15 is 0 Å². The Balaban J connectivity index is 2.21. The summed E-state index contributed by atoms with van der Waals surface area (Å²) in [6, 6.07) is 9.32. The molecule has 0 spiro atoms. The molecule has 4 rings (SSSR count). The van der Waals surface area contributed by atoms with Gasteiger partial charge in [0.2, 0.25) is 0 Å². The van der Waals surface area contributed by atoms with Crippen molar-refractivity contribution < 1.29 is 53.1 Å².